The third-order valence-corrected chi connectivity index (χ3v) is 2.54. The Bertz CT molecular complexity index is 211. The Morgan fingerprint density at radius 1 is 1.53 bits per heavy atom. The Morgan fingerprint density at radius 3 is 2.33 bits per heavy atom. The molecule has 0 aliphatic carbocycles. The van der Waals surface area contributed by atoms with E-state index in [1.807, 2.05) is 13.8 Å². The summed E-state index contributed by atoms with van der Waals surface area (Å²) in [5, 5.41) is 9.58. The van der Waals surface area contributed by atoms with E-state index in [4.69, 9.17) is 5.73 Å². The van der Waals surface area contributed by atoms with E-state index >= 15 is 0 Å². The fourth-order valence-electron chi connectivity index (χ4n) is 1.41. The van der Waals surface area contributed by atoms with Crippen molar-refractivity contribution < 1.29 is 9.90 Å². The summed E-state index contributed by atoms with van der Waals surface area (Å²) in [6.07, 6.45) is 0.878. The van der Waals surface area contributed by atoms with Gasteiger partial charge < -0.3 is 15.7 Å². The van der Waals surface area contributed by atoms with Crippen LogP contribution in [0.25, 0.3) is 0 Å². The van der Waals surface area contributed by atoms with E-state index in [9.17, 15) is 9.90 Å². The number of hydrogen-bond donors (Lipinski definition) is 2. The molecule has 0 saturated heterocycles. The first-order chi connectivity index (χ1) is 6.69. The maximum atomic E-state index is 11.8. The first kappa shape index (κ1) is 14.4. The molecule has 0 radical (unpaired) electrons. The summed E-state index contributed by atoms with van der Waals surface area (Å²) in [4.78, 5) is 13.3. The zero-order valence-corrected chi connectivity index (χ0v) is 10.4. The minimum atomic E-state index is -0.875. The number of amides is 1. The predicted molar refractivity (Wildman–Crippen MR) is 61.4 cm³/mol. The third-order valence-electron chi connectivity index (χ3n) is 2.54. The normalized spacial score (nSPS) is 15.9. The van der Waals surface area contributed by atoms with Crippen LogP contribution in [-0.4, -0.2) is 41.1 Å². The number of carbonyl (C=O) groups is 1. The van der Waals surface area contributed by atoms with Gasteiger partial charge in [0.25, 0.3) is 0 Å². The molecule has 0 aliphatic rings. The smallest absolute Gasteiger partial charge is 0.239 e. The lowest BCUT2D eigenvalue weighted by atomic mass is 9.98. The van der Waals surface area contributed by atoms with E-state index < -0.39 is 11.6 Å². The van der Waals surface area contributed by atoms with E-state index in [0.29, 0.717) is 6.54 Å². The molecule has 15 heavy (non-hydrogen) atoms. The average molecular weight is 216 g/mol. The van der Waals surface area contributed by atoms with Crippen LogP contribution in [0.1, 0.15) is 34.1 Å². The van der Waals surface area contributed by atoms with E-state index in [0.717, 1.165) is 6.42 Å². The SMILES string of the molecule is CC[C@H](C)[C@H](N)C(=O)N(C)CC(C)(C)O. The van der Waals surface area contributed by atoms with Gasteiger partial charge in [-0.25, -0.2) is 0 Å². The van der Waals surface area contributed by atoms with Crippen LogP contribution in [-0.2, 0) is 4.79 Å². The largest absolute Gasteiger partial charge is 0.389 e. The molecule has 1 amide bonds. The quantitative estimate of drug-likeness (QED) is 0.707. The molecule has 4 heteroatoms. The first-order valence-electron chi connectivity index (χ1n) is 5.42. The van der Waals surface area contributed by atoms with Gasteiger partial charge in [0, 0.05) is 13.6 Å². The van der Waals surface area contributed by atoms with Crippen LogP contribution in [0.4, 0.5) is 0 Å². The van der Waals surface area contributed by atoms with Crippen molar-refractivity contribution in [3.8, 4) is 0 Å². The molecule has 0 aliphatic heterocycles. The standard InChI is InChI=1S/C11H24N2O2/c1-6-8(2)9(12)10(14)13(5)7-11(3,4)15/h8-9,15H,6-7,12H2,1-5H3/t8-,9-/m0/s1. The number of carbonyl (C=O) groups excluding carboxylic acids is 1. The van der Waals surface area contributed by atoms with Crippen molar-refractivity contribution in [2.45, 2.75) is 45.8 Å². The first-order valence-corrected chi connectivity index (χ1v) is 5.42. The second kappa shape index (κ2) is 5.47. The number of nitrogens with zero attached hydrogens (tertiary/aromatic N) is 1. The van der Waals surface area contributed by atoms with Crippen LogP contribution in [0.5, 0.6) is 0 Å². The molecule has 0 bridgehead atoms. The van der Waals surface area contributed by atoms with Gasteiger partial charge in [0.2, 0.25) is 5.91 Å². The highest BCUT2D eigenvalue weighted by molar-refractivity contribution is 5.81. The van der Waals surface area contributed by atoms with E-state index in [1.54, 1.807) is 20.9 Å². The van der Waals surface area contributed by atoms with Crippen LogP contribution in [0.15, 0.2) is 0 Å². The van der Waals surface area contributed by atoms with Crippen LogP contribution < -0.4 is 5.73 Å². The van der Waals surface area contributed by atoms with Crippen molar-refractivity contribution in [2.24, 2.45) is 11.7 Å². The van der Waals surface area contributed by atoms with Gasteiger partial charge in [-0.1, -0.05) is 20.3 Å². The molecule has 0 aromatic carbocycles. The van der Waals surface area contributed by atoms with Gasteiger partial charge in [0.1, 0.15) is 0 Å². The summed E-state index contributed by atoms with van der Waals surface area (Å²) in [6, 6.07) is -0.470. The molecule has 0 aromatic heterocycles. The van der Waals surface area contributed by atoms with Crippen molar-refractivity contribution in [3.63, 3.8) is 0 Å². The molecular weight excluding hydrogens is 192 g/mol. The number of rotatable bonds is 5. The van der Waals surface area contributed by atoms with Crippen LogP contribution in [0.2, 0.25) is 0 Å². The monoisotopic (exact) mass is 216 g/mol. The van der Waals surface area contributed by atoms with Crippen molar-refractivity contribution in [1.82, 2.24) is 4.90 Å². The molecule has 0 heterocycles. The maximum absolute atomic E-state index is 11.8. The van der Waals surface area contributed by atoms with E-state index in [-0.39, 0.29) is 11.8 Å². The molecule has 0 rings (SSSR count). The molecule has 3 N–H and O–H groups in total. The summed E-state index contributed by atoms with van der Waals surface area (Å²) in [5.74, 6) is 0.0632. The maximum Gasteiger partial charge on any atom is 0.239 e. The third kappa shape index (κ3) is 5.14. The Labute approximate surface area is 92.4 Å². The van der Waals surface area contributed by atoms with Gasteiger partial charge in [0.05, 0.1) is 11.6 Å². The average Bonchev–Trinajstić information content (AvgIpc) is 2.11. The fourth-order valence-corrected chi connectivity index (χ4v) is 1.41. The molecule has 0 unspecified atom stereocenters. The van der Waals surface area contributed by atoms with E-state index in [1.165, 1.54) is 4.90 Å². The van der Waals surface area contributed by atoms with Gasteiger partial charge >= 0.3 is 0 Å². The summed E-state index contributed by atoms with van der Waals surface area (Å²) < 4.78 is 0. The Hall–Kier alpha value is -0.610. The van der Waals surface area contributed by atoms with E-state index in [2.05, 4.69) is 0 Å². The minimum Gasteiger partial charge on any atom is -0.389 e. The highest BCUT2D eigenvalue weighted by atomic mass is 16.3. The van der Waals surface area contributed by atoms with Gasteiger partial charge in [0.15, 0.2) is 0 Å². The summed E-state index contributed by atoms with van der Waals surface area (Å²) in [5.41, 5.74) is 4.94. The van der Waals surface area contributed by atoms with Gasteiger partial charge in [-0.2, -0.15) is 0 Å². The molecule has 90 valence electrons. The topological polar surface area (TPSA) is 66.6 Å². The molecule has 2 atom stereocenters. The molecule has 0 aromatic rings. The predicted octanol–water partition coefficient (Wildman–Crippen LogP) is 0.589. The Kier molecular flexibility index (Phi) is 5.24. The molecule has 0 saturated carbocycles. The zero-order valence-electron chi connectivity index (χ0n) is 10.4. The highest BCUT2D eigenvalue weighted by Gasteiger charge is 2.26. The van der Waals surface area contributed by atoms with Gasteiger partial charge in [-0.3, -0.25) is 4.79 Å². The number of nitrogens with two attached hydrogens (primary N) is 1. The fraction of sp³-hybridized carbons (Fsp3) is 0.909. The lowest BCUT2D eigenvalue weighted by molar-refractivity contribution is -0.135. The number of aliphatic hydroxyl groups is 1. The zero-order chi connectivity index (χ0) is 12.2. The van der Waals surface area contributed by atoms with Gasteiger partial charge in [-0.05, 0) is 19.8 Å². The summed E-state index contributed by atoms with van der Waals surface area (Å²) >= 11 is 0. The lowest BCUT2D eigenvalue weighted by Crippen LogP contribution is -2.49. The second-order valence-corrected chi connectivity index (χ2v) is 4.92. The molecule has 4 nitrogen and oxygen atoms in total. The Balaban J connectivity index is 4.32. The van der Waals surface area contributed by atoms with Crippen molar-refractivity contribution in [2.75, 3.05) is 13.6 Å². The van der Waals surface area contributed by atoms with Crippen molar-refractivity contribution in [1.29, 1.82) is 0 Å². The number of hydrogen-bond acceptors (Lipinski definition) is 3. The lowest BCUT2D eigenvalue weighted by Gasteiger charge is -2.29. The van der Waals surface area contributed by atoms with Gasteiger partial charge in [-0.15, -0.1) is 0 Å². The van der Waals surface area contributed by atoms with Crippen LogP contribution >= 0.6 is 0 Å². The summed E-state index contributed by atoms with van der Waals surface area (Å²) in [6.45, 7) is 7.61. The minimum absolute atomic E-state index is 0.105. The van der Waals surface area contributed by atoms with Crippen molar-refractivity contribution >= 4 is 5.91 Å². The molecule has 0 fully saturated rings. The Morgan fingerprint density at radius 2 is 2.00 bits per heavy atom. The molecule has 0 spiro atoms. The number of likely N-dealkylation sites (N-methyl/N-ethyl adjacent to an activating group) is 1. The van der Waals surface area contributed by atoms with Crippen molar-refractivity contribution in [3.05, 3.63) is 0 Å². The summed E-state index contributed by atoms with van der Waals surface area (Å²) in [7, 11) is 1.67. The highest BCUT2D eigenvalue weighted by Crippen LogP contribution is 2.10. The van der Waals surface area contributed by atoms with Crippen LogP contribution in [0.3, 0.4) is 0 Å². The second-order valence-electron chi connectivity index (χ2n) is 4.92. The van der Waals surface area contributed by atoms with Crippen LogP contribution in [0, 0.1) is 5.92 Å². The molecular formula is C11H24N2O2.